The fourth-order valence-corrected chi connectivity index (χ4v) is 6.55. The number of sulfonamides is 1. The fraction of sp³-hybridized carbons (Fsp3) is 0.857. The SMILES string of the molecule is CC1(C)C2CCC1(CS(=O)(=O)NC(=O)CS(=O)(=O)C(C)(F)F)C(=O)C2. The van der Waals surface area contributed by atoms with Gasteiger partial charge in [0.2, 0.25) is 25.8 Å². The zero-order chi connectivity index (χ0) is 19.5. The third-order valence-electron chi connectivity index (χ3n) is 5.71. The van der Waals surface area contributed by atoms with E-state index in [2.05, 4.69) is 0 Å². The van der Waals surface area contributed by atoms with Gasteiger partial charge in [0.1, 0.15) is 11.5 Å². The highest BCUT2D eigenvalue weighted by Gasteiger charge is 2.65. The van der Waals surface area contributed by atoms with Crippen molar-refractivity contribution >= 4 is 31.6 Å². The molecule has 0 aromatic carbocycles. The van der Waals surface area contributed by atoms with Gasteiger partial charge < -0.3 is 0 Å². The highest BCUT2D eigenvalue weighted by molar-refractivity contribution is 7.93. The van der Waals surface area contributed by atoms with Gasteiger partial charge in [-0.15, -0.1) is 0 Å². The van der Waals surface area contributed by atoms with E-state index in [-0.39, 0.29) is 25.0 Å². The molecular formula is C14H21F2NO6S2. The van der Waals surface area contributed by atoms with Crippen molar-refractivity contribution in [1.29, 1.82) is 0 Å². The van der Waals surface area contributed by atoms with E-state index < -0.39 is 53.4 Å². The van der Waals surface area contributed by atoms with Crippen molar-refractivity contribution in [1.82, 2.24) is 4.72 Å². The standard InChI is InChI=1S/C14H21F2NO6S2/c1-12(2)9-4-5-14(12,10(18)6-9)8-25(22,23)17-11(19)7-24(20,21)13(3,15)16/h9H,4-8H2,1-3H3,(H,17,19). The van der Waals surface area contributed by atoms with E-state index >= 15 is 0 Å². The number of ketones is 1. The van der Waals surface area contributed by atoms with E-state index in [0.29, 0.717) is 12.8 Å². The first kappa shape index (κ1) is 20.2. The topological polar surface area (TPSA) is 114 Å². The molecule has 7 nitrogen and oxygen atoms in total. The number of alkyl halides is 2. The Labute approximate surface area is 145 Å². The summed E-state index contributed by atoms with van der Waals surface area (Å²) in [7, 11) is -9.48. The zero-order valence-corrected chi connectivity index (χ0v) is 15.8. The van der Waals surface area contributed by atoms with E-state index in [1.807, 2.05) is 0 Å². The van der Waals surface area contributed by atoms with Crippen LogP contribution in [0.25, 0.3) is 0 Å². The van der Waals surface area contributed by atoms with E-state index in [1.54, 1.807) is 13.8 Å². The molecule has 2 bridgehead atoms. The van der Waals surface area contributed by atoms with Crippen LogP contribution < -0.4 is 4.72 Å². The van der Waals surface area contributed by atoms with Crippen molar-refractivity contribution in [2.24, 2.45) is 16.7 Å². The van der Waals surface area contributed by atoms with E-state index in [9.17, 15) is 35.2 Å². The molecule has 2 unspecified atom stereocenters. The van der Waals surface area contributed by atoms with Crippen LogP contribution in [-0.2, 0) is 29.4 Å². The molecule has 0 aromatic heterocycles. The molecule has 1 N–H and O–H groups in total. The van der Waals surface area contributed by atoms with Gasteiger partial charge in [-0.25, -0.2) is 16.8 Å². The van der Waals surface area contributed by atoms with Crippen LogP contribution in [0.3, 0.4) is 0 Å². The van der Waals surface area contributed by atoms with Crippen LogP contribution in [0.4, 0.5) is 8.78 Å². The third kappa shape index (κ3) is 3.32. The monoisotopic (exact) mass is 401 g/mol. The molecule has 0 saturated heterocycles. The summed E-state index contributed by atoms with van der Waals surface area (Å²) < 4.78 is 74.6. The van der Waals surface area contributed by atoms with E-state index in [1.165, 1.54) is 4.72 Å². The number of hydrogen-bond donors (Lipinski definition) is 1. The Morgan fingerprint density at radius 1 is 1.28 bits per heavy atom. The quantitative estimate of drug-likeness (QED) is 0.706. The highest BCUT2D eigenvalue weighted by Crippen LogP contribution is 2.64. The predicted molar refractivity (Wildman–Crippen MR) is 84.9 cm³/mol. The Bertz CT molecular complexity index is 813. The molecule has 2 saturated carbocycles. The van der Waals surface area contributed by atoms with Gasteiger partial charge in [-0.05, 0) is 24.2 Å². The van der Waals surface area contributed by atoms with Gasteiger partial charge in [0.25, 0.3) is 0 Å². The first-order valence-electron chi connectivity index (χ1n) is 7.71. The number of halogens is 2. The first-order valence-corrected chi connectivity index (χ1v) is 11.0. The molecule has 1 amide bonds. The van der Waals surface area contributed by atoms with Crippen molar-refractivity contribution in [3.63, 3.8) is 0 Å². The van der Waals surface area contributed by atoms with E-state index in [0.717, 1.165) is 0 Å². The number of hydrogen-bond acceptors (Lipinski definition) is 6. The number of rotatable bonds is 6. The Morgan fingerprint density at radius 2 is 1.84 bits per heavy atom. The average Bonchev–Trinajstić information content (AvgIpc) is 2.68. The molecule has 2 aliphatic carbocycles. The van der Waals surface area contributed by atoms with Crippen molar-refractivity contribution in [2.45, 2.75) is 45.3 Å². The number of carbonyl (C=O) groups is 2. The number of amides is 1. The van der Waals surface area contributed by atoms with Gasteiger partial charge in [0.05, 0.1) is 11.2 Å². The second kappa shape index (κ2) is 5.70. The van der Waals surface area contributed by atoms with E-state index in [4.69, 9.17) is 0 Å². The number of nitrogens with one attached hydrogen (secondary N) is 1. The molecule has 11 heteroatoms. The lowest BCUT2D eigenvalue weighted by Crippen LogP contribution is -2.47. The lowest BCUT2D eigenvalue weighted by Gasteiger charge is -2.36. The number of fused-ring (bicyclic) bond motifs is 2. The minimum atomic E-state index is -5.12. The van der Waals surface area contributed by atoms with Crippen LogP contribution >= 0.6 is 0 Å². The van der Waals surface area contributed by atoms with Crippen LogP contribution in [-0.4, -0.2) is 45.3 Å². The molecule has 2 rings (SSSR count). The number of carbonyl (C=O) groups excluding carboxylic acids is 2. The zero-order valence-electron chi connectivity index (χ0n) is 14.1. The minimum Gasteiger partial charge on any atom is -0.299 e. The highest BCUT2D eigenvalue weighted by atomic mass is 32.2. The lowest BCUT2D eigenvalue weighted by molar-refractivity contribution is -0.128. The Hall–Kier alpha value is -1.10. The lowest BCUT2D eigenvalue weighted by atomic mass is 9.70. The molecule has 2 atom stereocenters. The largest absolute Gasteiger partial charge is 0.343 e. The molecular weight excluding hydrogens is 380 g/mol. The molecule has 0 spiro atoms. The Morgan fingerprint density at radius 3 is 2.24 bits per heavy atom. The van der Waals surface area contributed by atoms with Crippen LogP contribution in [0.2, 0.25) is 0 Å². The summed E-state index contributed by atoms with van der Waals surface area (Å²) in [5, 5.41) is -4.16. The maximum absolute atomic E-state index is 12.9. The molecule has 0 heterocycles. The smallest absolute Gasteiger partial charge is 0.299 e. The van der Waals surface area contributed by atoms with Gasteiger partial charge in [-0.2, -0.15) is 8.78 Å². The summed E-state index contributed by atoms with van der Waals surface area (Å²) in [6, 6.07) is 0. The number of sulfone groups is 1. The van der Waals surface area contributed by atoms with Crippen LogP contribution in [0.5, 0.6) is 0 Å². The van der Waals surface area contributed by atoms with Gasteiger partial charge in [0, 0.05) is 13.3 Å². The number of Topliss-reactive ketones (excluding diaryl/α,β-unsaturated/α-hetero) is 1. The molecule has 2 fully saturated rings. The molecule has 0 radical (unpaired) electrons. The van der Waals surface area contributed by atoms with Crippen molar-refractivity contribution < 1.29 is 35.2 Å². The second-order valence-electron chi connectivity index (χ2n) is 7.52. The maximum Gasteiger partial charge on any atom is 0.343 e. The van der Waals surface area contributed by atoms with Gasteiger partial charge in [0.15, 0.2) is 0 Å². The summed E-state index contributed by atoms with van der Waals surface area (Å²) in [5.41, 5.74) is -1.71. The summed E-state index contributed by atoms with van der Waals surface area (Å²) in [5.74, 6) is -4.00. The van der Waals surface area contributed by atoms with Gasteiger partial charge in [-0.1, -0.05) is 13.8 Å². The van der Waals surface area contributed by atoms with Crippen molar-refractivity contribution in [3.05, 3.63) is 0 Å². The third-order valence-corrected chi connectivity index (χ3v) is 8.86. The molecule has 0 aromatic rings. The maximum atomic E-state index is 12.9. The molecule has 0 aliphatic heterocycles. The fourth-order valence-electron chi connectivity index (χ4n) is 3.97. The van der Waals surface area contributed by atoms with Gasteiger partial charge in [-0.3, -0.25) is 14.3 Å². The molecule has 25 heavy (non-hydrogen) atoms. The minimum absolute atomic E-state index is 0.0602. The summed E-state index contributed by atoms with van der Waals surface area (Å²) in [6.07, 6.45) is 1.33. The average molecular weight is 401 g/mol. The van der Waals surface area contributed by atoms with Crippen molar-refractivity contribution in [3.8, 4) is 0 Å². The Kier molecular flexibility index (Phi) is 4.61. The van der Waals surface area contributed by atoms with Crippen LogP contribution in [0.15, 0.2) is 0 Å². The van der Waals surface area contributed by atoms with Crippen LogP contribution in [0.1, 0.15) is 40.0 Å². The molecule has 2 aliphatic rings. The summed E-state index contributed by atoms with van der Waals surface area (Å²) in [4.78, 5) is 24.0. The van der Waals surface area contributed by atoms with Crippen molar-refractivity contribution in [2.75, 3.05) is 11.5 Å². The first-order chi connectivity index (χ1) is 11.0. The van der Waals surface area contributed by atoms with Crippen LogP contribution in [0, 0.1) is 16.7 Å². The summed E-state index contributed by atoms with van der Waals surface area (Å²) >= 11 is 0. The summed E-state index contributed by atoms with van der Waals surface area (Å²) in [6.45, 7) is 3.71. The second-order valence-corrected chi connectivity index (χ2v) is 11.5. The molecule has 144 valence electrons. The normalized spacial score (nSPS) is 29.0. The van der Waals surface area contributed by atoms with Gasteiger partial charge >= 0.3 is 5.25 Å². The predicted octanol–water partition coefficient (Wildman–Crippen LogP) is 0.855. The Balaban J connectivity index is 2.16.